The molecule has 0 aliphatic carbocycles. The molecule has 0 spiro atoms. The molecule has 0 unspecified atom stereocenters. The highest BCUT2D eigenvalue weighted by Crippen LogP contribution is 2.04. The highest BCUT2D eigenvalue weighted by molar-refractivity contribution is 5.94. The molecule has 4 N–H and O–H groups in total. The van der Waals surface area contributed by atoms with E-state index in [9.17, 15) is 19.2 Å². The summed E-state index contributed by atoms with van der Waals surface area (Å²) >= 11 is 0. The highest BCUT2D eigenvalue weighted by atomic mass is 16.5. The van der Waals surface area contributed by atoms with E-state index in [-0.39, 0.29) is 13.2 Å². The van der Waals surface area contributed by atoms with Crippen LogP contribution in [0.3, 0.4) is 0 Å². The molecule has 9 nitrogen and oxygen atoms in total. The van der Waals surface area contributed by atoms with Crippen molar-refractivity contribution in [2.45, 2.75) is 51.9 Å². The molecule has 3 atom stereocenters. The summed E-state index contributed by atoms with van der Waals surface area (Å²) in [6.07, 6.45) is -0.410. The number of hydrogen-bond acceptors (Lipinski definition) is 7. The highest BCUT2D eigenvalue weighted by Gasteiger charge is 2.28. The van der Waals surface area contributed by atoms with Crippen molar-refractivity contribution in [3.63, 3.8) is 0 Å². The van der Waals surface area contributed by atoms with Crippen LogP contribution in [0.5, 0.6) is 0 Å². The minimum absolute atomic E-state index is 0.0362. The van der Waals surface area contributed by atoms with Crippen molar-refractivity contribution in [2.24, 2.45) is 5.73 Å². The molecule has 2 amide bonds. The van der Waals surface area contributed by atoms with Crippen molar-refractivity contribution >= 4 is 23.8 Å². The van der Waals surface area contributed by atoms with E-state index in [0.717, 1.165) is 5.56 Å². The fourth-order valence-corrected chi connectivity index (χ4v) is 2.12. The molecule has 0 saturated carbocycles. The third kappa shape index (κ3) is 8.17. The van der Waals surface area contributed by atoms with Gasteiger partial charge in [0.2, 0.25) is 11.8 Å². The number of carbonyl (C=O) groups is 4. The zero-order chi connectivity index (χ0) is 21.1. The first-order valence-electron chi connectivity index (χ1n) is 8.97. The van der Waals surface area contributed by atoms with Crippen molar-refractivity contribution in [1.82, 2.24) is 10.6 Å². The Labute approximate surface area is 163 Å². The molecule has 0 aliphatic rings. The van der Waals surface area contributed by atoms with E-state index < -0.39 is 48.3 Å². The van der Waals surface area contributed by atoms with Crippen LogP contribution in [0.4, 0.5) is 0 Å². The molecular formula is C19H27N3O6. The van der Waals surface area contributed by atoms with Gasteiger partial charge in [0.1, 0.15) is 18.7 Å². The fraction of sp³-hybridized carbons (Fsp3) is 0.474. The lowest BCUT2D eigenvalue weighted by Gasteiger charge is -2.21. The molecule has 0 saturated heterocycles. The summed E-state index contributed by atoms with van der Waals surface area (Å²) in [7, 11) is 0. The first-order valence-corrected chi connectivity index (χ1v) is 8.97. The SMILES string of the molecule is CCOC(=O)[C@H](C)NC(=O)[C@@H](CC(=O)OCc1ccccc1)NC(=O)[C@@H](C)N. The molecular weight excluding hydrogens is 366 g/mol. The van der Waals surface area contributed by atoms with Gasteiger partial charge in [0.05, 0.1) is 19.1 Å². The number of hydrogen-bond donors (Lipinski definition) is 3. The average molecular weight is 393 g/mol. The number of ether oxygens (including phenoxy) is 2. The molecule has 1 rings (SSSR count). The summed E-state index contributed by atoms with van der Waals surface area (Å²) in [4.78, 5) is 48.1. The van der Waals surface area contributed by atoms with Gasteiger partial charge in [-0.25, -0.2) is 4.79 Å². The lowest BCUT2D eigenvalue weighted by molar-refractivity contribution is -0.148. The number of rotatable bonds is 10. The zero-order valence-corrected chi connectivity index (χ0v) is 16.3. The second kappa shape index (κ2) is 11.7. The molecule has 0 aromatic heterocycles. The first-order chi connectivity index (χ1) is 13.2. The van der Waals surface area contributed by atoms with Gasteiger partial charge in [-0.05, 0) is 26.3 Å². The predicted molar refractivity (Wildman–Crippen MR) is 101 cm³/mol. The van der Waals surface area contributed by atoms with E-state index in [4.69, 9.17) is 15.2 Å². The van der Waals surface area contributed by atoms with E-state index in [2.05, 4.69) is 10.6 Å². The van der Waals surface area contributed by atoms with Crippen molar-refractivity contribution in [3.8, 4) is 0 Å². The monoisotopic (exact) mass is 393 g/mol. The molecule has 0 radical (unpaired) electrons. The smallest absolute Gasteiger partial charge is 0.328 e. The van der Waals surface area contributed by atoms with Gasteiger partial charge in [-0.15, -0.1) is 0 Å². The largest absolute Gasteiger partial charge is 0.464 e. The van der Waals surface area contributed by atoms with Crippen LogP contribution in [0, 0.1) is 0 Å². The van der Waals surface area contributed by atoms with E-state index in [1.807, 2.05) is 6.07 Å². The standard InChI is InChI=1S/C19H27N3O6/c1-4-27-19(26)13(3)21-18(25)15(22-17(24)12(2)20)10-16(23)28-11-14-8-6-5-7-9-14/h5-9,12-13,15H,4,10-11,20H2,1-3H3,(H,21,25)(H,22,24)/t12-,13+,15-/m1/s1. The van der Waals surface area contributed by atoms with Crippen LogP contribution in [0.1, 0.15) is 32.8 Å². The summed E-state index contributed by atoms with van der Waals surface area (Å²) < 4.78 is 9.97. The minimum atomic E-state index is -1.24. The number of carbonyl (C=O) groups excluding carboxylic acids is 4. The average Bonchev–Trinajstić information content (AvgIpc) is 2.66. The Morgan fingerprint density at radius 3 is 2.21 bits per heavy atom. The zero-order valence-electron chi connectivity index (χ0n) is 16.3. The Bertz CT molecular complexity index is 678. The molecule has 1 aromatic rings. The van der Waals surface area contributed by atoms with Crippen molar-refractivity contribution in [1.29, 1.82) is 0 Å². The van der Waals surface area contributed by atoms with Gasteiger partial charge >= 0.3 is 11.9 Å². The number of amides is 2. The number of esters is 2. The third-order valence-electron chi connectivity index (χ3n) is 3.66. The van der Waals surface area contributed by atoms with E-state index in [1.54, 1.807) is 31.2 Å². The van der Waals surface area contributed by atoms with Gasteiger partial charge in [0.15, 0.2) is 0 Å². The molecule has 0 bridgehead atoms. The molecule has 0 aliphatic heterocycles. The Balaban J connectivity index is 2.72. The molecule has 1 aromatic carbocycles. The molecule has 9 heteroatoms. The maximum atomic E-state index is 12.4. The van der Waals surface area contributed by atoms with Crippen LogP contribution in [0.15, 0.2) is 30.3 Å². The first kappa shape index (κ1) is 23.1. The van der Waals surface area contributed by atoms with Gasteiger partial charge in [0, 0.05) is 0 Å². The normalized spacial score (nSPS) is 13.6. The quantitative estimate of drug-likeness (QED) is 0.477. The summed E-state index contributed by atoms with van der Waals surface area (Å²) in [6.45, 7) is 4.72. The number of nitrogens with one attached hydrogen (secondary N) is 2. The third-order valence-corrected chi connectivity index (χ3v) is 3.66. The Morgan fingerprint density at radius 1 is 1.00 bits per heavy atom. The topological polar surface area (TPSA) is 137 Å². The van der Waals surface area contributed by atoms with Crippen LogP contribution in [-0.2, 0) is 35.3 Å². The maximum Gasteiger partial charge on any atom is 0.328 e. The van der Waals surface area contributed by atoms with Crippen LogP contribution in [0.25, 0.3) is 0 Å². The summed E-state index contributed by atoms with van der Waals surface area (Å²) in [5, 5.41) is 4.80. The predicted octanol–water partition coefficient (Wildman–Crippen LogP) is 0.0197. The Kier molecular flexibility index (Phi) is 9.66. The molecule has 0 fully saturated rings. The van der Waals surface area contributed by atoms with Crippen molar-refractivity contribution in [2.75, 3.05) is 6.61 Å². The van der Waals surface area contributed by atoms with Crippen LogP contribution >= 0.6 is 0 Å². The molecule has 28 heavy (non-hydrogen) atoms. The summed E-state index contributed by atoms with van der Waals surface area (Å²) in [6, 6.07) is 5.96. The van der Waals surface area contributed by atoms with Gasteiger partial charge in [-0.2, -0.15) is 0 Å². The van der Waals surface area contributed by atoms with Crippen LogP contribution in [0.2, 0.25) is 0 Å². The van der Waals surface area contributed by atoms with Gasteiger partial charge in [0.25, 0.3) is 0 Å². The lowest BCUT2D eigenvalue weighted by Crippen LogP contribution is -2.54. The second-order valence-electron chi connectivity index (χ2n) is 6.18. The molecule has 154 valence electrons. The Morgan fingerprint density at radius 2 is 1.64 bits per heavy atom. The minimum Gasteiger partial charge on any atom is -0.464 e. The lowest BCUT2D eigenvalue weighted by atomic mass is 10.1. The number of nitrogens with two attached hydrogens (primary N) is 1. The van der Waals surface area contributed by atoms with Crippen molar-refractivity contribution < 1.29 is 28.7 Å². The second-order valence-corrected chi connectivity index (χ2v) is 6.18. The summed E-state index contributed by atoms with van der Waals surface area (Å²) in [5.41, 5.74) is 6.29. The van der Waals surface area contributed by atoms with Crippen LogP contribution < -0.4 is 16.4 Å². The van der Waals surface area contributed by atoms with Gasteiger partial charge < -0.3 is 25.8 Å². The Hall–Kier alpha value is -2.94. The van der Waals surface area contributed by atoms with E-state index in [1.165, 1.54) is 13.8 Å². The van der Waals surface area contributed by atoms with E-state index in [0.29, 0.717) is 0 Å². The van der Waals surface area contributed by atoms with Crippen LogP contribution in [-0.4, -0.2) is 48.5 Å². The number of benzene rings is 1. The fourth-order valence-electron chi connectivity index (χ4n) is 2.12. The van der Waals surface area contributed by atoms with Gasteiger partial charge in [-0.1, -0.05) is 30.3 Å². The summed E-state index contributed by atoms with van der Waals surface area (Å²) in [5.74, 6) is -2.64. The van der Waals surface area contributed by atoms with Crippen molar-refractivity contribution in [3.05, 3.63) is 35.9 Å². The van der Waals surface area contributed by atoms with E-state index >= 15 is 0 Å². The van der Waals surface area contributed by atoms with Gasteiger partial charge in [-0.3, -0.25) is 14.4 Å². The maximum absolute atomic E-state index is 12.4. The molecule has 0 heterocycles.